The lowest BCUT2D eigenvalue weighted by atomic mass is 10.0. The number of fused-ring (bicyclic) bond motifs is 1. The topological polar surface area (TPSA) is 78.0 Å². The first-order valence-electron chi connectivity index (χ1n) is 3.79. The van der Waals surface area contributed by atoms with Crippen molar-refractivity contribution in [1.82, 2.24) is 10.2 Å². The number of aliphatic carboxylic acids is 1. The summed E-state index contributed by atoms with van der Waals surface area (Å²) in [5.74, 6) is -0.804. The van der Waals surface area contributed by atoms with E-state index in [-0.39, 0.29) is 0 Å². The molecule has 0 saturated carbocycles. The second-order valence-corrected chi connectivity index (χ2v) is 2.84. The first kappa shape index (κ1) is 7.15. The minimum atomic E-state index is -0.804. The summed E-state index contributed by atoms with van der Waals surface area (Å²) in [5, 5.41) is 18.2. The number of rotatable bonds is 1. The van der Waals surface area contributed by atoms with Crippen molar-refractivity contribution < 1.29 is 9.90 Å². The molecule has 2 heterocycles. The maximum absolute atomic E-state index is 10.6. The third kappa shape index (κ3) is 1.03. The van der Waals surface area contributed by atoms with E-state index in [2.05, 4.69) is 15.5 Å². The van der Waals surface area contributed by atoms with Crippen LogP contribution in [0.15, 0.2) is 6.20 Å². The van der Waals surface area contributed by atoms with Crippen LogP contribution in [0.5, 0.6) is 0 Å². The van der Waals surface area contributed by atoms with Gasteiger partial charge in [-0.3, -0.25) is 5.10 Å². The summed E-state index contributed by atoms with van der Waals surface area (Å²) in [7, 11) is 0. The molecular weight excluding hydrogens is 158 g/mol. The zero-order chi connectivity index (χ0) is 8.55. The molecule has 1 aliphatic rings. The Balaban J connectivity index is 2.20. The molecule has 1 unspecified atom stereocenters. The lowest BCUT2D eigenvalue weighted by Gasteiger charge is -2.19. The van der Waals surface area contributed by atoms with Gasteiger partial charge in [0.05, 0.1) is 17.6 Å². The van der Waals surface area contributed by atoms with Gasteiger partial charge in [-0.15, -0.1) is 0 Å². The quantitative estimate of drug-likeness (QED) is 0.559. The lowest BCUT2D eigenvalue weighted by Crippen LogP contribution is -2.32. The molecular formula is C7H9N3O2. The van der Waals surface area contributed by atoms with Crippen LogP contribution in [0.2, 0.25) is 0 Å². The fourth-order valence-electron chi connectivity index (χ4n) is 1.36. The van der Waals surface area contributed by atoms with Crippen LogP contribution >= 0.6 is 0 Å². The van der Waals surface area contributed by atoms with E-state index in [0.717, 1.165) is 17.8 Å². The lowest BCUT2D eigenvalue weighted by molar-refractivity contribution is -0.138. The Hall–Kier alpha value is -1.52. The van der Waals surface area contributed by atoms with Crippen LogP contribution in [0.4, 0.5) is 5.69 Å². The summed E-state index contributed by atoms with van der Waals surface area (Å²) < 4.78 is 0. The maximum atomic E-state index is 10.6. The van der Waals surface area contributed by atoms with Gasteiger partial charge in [0.15, 0.2) is 0 Å². The van der Waals surface area contributed by atoms with E-state index in [1.807, 2.05) is 0 Å². The van der Waals surface area contributed by atoms with Crippen LogP contribution in [-0.4, -0.2) is 27.3 Å². The van der Waals surface area contributed by atoms with Crippen LogP contribution in [0.25, 0.3) is 0 Å². The number of carboxylic acids is 1. The number of H-pyrrole nitrogens is 1. The number of carbonyl (C=O) groups is 1. The zero-order valence-electron chi connectivity index (χ0n) is 6.37. The Labute approximate surface area is 68.8 Å². The van der Waals surface area contributed by atoms with Crippen molar-refractivity contribution in [1.29, 1.82) is 0 Å². The molecule has 1 aromatic rings. The number of hydrogen-bond acceptors (Lipinski definition) is 3. The van der Waals surface area contributed by atoms with E-state index in [0.29, 0.717) is 6.42 Å². The Kier molecular flexibility index (Phi) is 1.49. The smallest absolute Gasteiger partial charge is 0.326 e. The summed E-state index contributed by atoms with van der Waals surface area (Å²) in [6.45, 7) is 0. The molecule has 0 aliphatic carbocycles. The van der Waals surface area contributed by atoms with Gasteiger partial charge in [0.2, 0.25) is 0 Å². The molecule has 5 heteroatoms. The van der Waals surface area contributed by atoms with Crippen molar-refractivity contribution >= 4 is 11.7 Å². The summed E-state index contributed by atoms with van der Waals surface area (Å²) in [4.78, 5) is 10.6. The van der Waals surface area contributed by atoms with Gasteiger partial charge in [-0.2, -0.15) is 5.10 Å². The molecule has 2 rings (SSSR count). The standard InChI is InChI=1S/C7H9N3O2/c11-7(12)5-2-1-4-6(9-5)3-8-10-4/h3,5,9H,1-2H2,(H,8,10)(H,11,12). The molecule has 0 saturated heterocycles. The van der Waals surface area contributed by atoms with E-state index in [4.69, 9.17) is 5.11 Å². The summed E-state index contributed by atoms with van der Waals surface area (Å²) in [5.41, 5.74) is 1.81. The van der Waals surface area contributed by atoms with Gasteiger partial charge in [0.1, 0.15) is 6.04 Å². The molecule has 0 amide bonds. The highest BCUT2D eigenvalue weighted by Gasteiger charge is 2.23. The number of nitrogens with one attached hydrogen (secondary N) is 2. The summed E-state index contributed by atoms with van der Waals surface area (Å²) in [6.07, 6.45) is 2.98. The number of aryl methyl sites for hydroxylation is 1. The third-order valence-corrected chi connectivity index (χ3v) is 2.03. The van der Waals surface area contributed by atoms with E-state index >= 15 is 0 Å². The number of aromatic nitrogens is 2. The number of aromatic amines is 1. The van der Waals surface area contributed by atoms with Gasteiger partial charge in [-0.1, -0.05) is 0 Å². The molecule has 0 aromatic carbocycles. The molecule has 0 spiro atoms. The molecule has 1 aromatic heterocycles. The van der Waals surface area contributed by atoms with Gasteiger partial charge < -0.3 is 10.4 Å². The predicted molar refractivity (Wildman–Crippen MR) is 42.0 cm³/mol. The summed E-state index contributed by atoms with van der Waals surface area (Å²) in [6, 6.07) is -0.463. The molecule has 0 radical (unpaired) electrons. The highest BCUT2D eigenvalue weighted by Crippen LogP contribution is 2.21. The Bertz CT molecular complexity index is 307. The van der Waals surface area contributed by atoms with Crippen molar-refractivity contribution in [2.45, 2.75) is 18.9 Å². The van der Waals surface area contributed by atoms with Crippen molar-refractivity contribution in [2.24, 2.45) is 0 Å². The Morgan fingerprint density at radius 3 is 3.33 bits per heavy atom. The van der Waals surface area contributed by atoms with Crippen molar-refractivity contribution in [3.05, 3.63) is 11.9 Å². The van der Waals surface area contributed by atoms with Crippen LogP contribution in [0, 0.1) is 0 Å². The molecule has 3 N–H and O–H groups in total. The fraction of sp³-hybridized carbons (Fsp3) is 0.429. The first-order chi connectivity index (χ1) is 5.77. The minimum Gasteiger partial charge on any atom is -0.480 e. The predicted octanol–water partition coefficient (Wildman–Crippen LogP) is 0.221. The van der Waals surface area contributed by atoms with Gasteiger partial charge in [-0.25, -0.2) is 4.79 Å². The number of carboxylic acid groups (broad SMARTS) is 1. The molecule has 64 valence electrons. The number of hydrogen-bond donors (Lipinski definition) is 3. The Morgan fingerprint density at radius 1 is 1.75 bits per heavy atom. The van der Waals surface area contributed by atoms with Gasteiger partial charge in [0, 0.05) is 0 Å². The van der Waals surface area contributed by atoms with Crippen LogP contribution in [-0.2, 0) is 11.2 Å². The highest BCUT2D eigenvalue weighted by molar-refractivity contribution is 5.78. The fourth-order valence-corrected chi connectivity index (χ4v) is 1.36. The third-order valence-electron chi connectivity index (χ3n) is 2.03. The van der Waals surface area contributed by atoms with Crippen LogP contribution < -0.4 is 5.32 Å². The van der Waals surface area contributed by atoms with Crippen LogP contribution in [0.3, 0.4) is 0 Å². The Morgan fingerprint density at radius 2 is 2.58 bits per heavy atom. The zero-order valence-corrected chi connectivity index (χ0v) is 6.37. The average molecular weight is 167 g/mol. The second kappa shape index (κ2) is 2.51. The SMILES string of the molecule is O=C(O)C1CCc2[nH]ncc2N1. The molecule has 5 nitrogen and oxygen atoms in total. The normalized spacial score (nSPS) is 21.2. The van der Waals surface area contributed by atoms with Gasteiger partial charge >= 0.3 is 5.97 Å². The average Bonchev–Trinajstić information content (AvgIpc) is 2.49. The molecule has 0 bridgehead atoms. The van der Waals surface area contributed by atoms with E-state index in [1.54, 1.807) is 6.20 Å². The van der Waals surface area contributed by atoms with Crippen molar-refractivity contribution in [3.63, 3.8) is 0 Å². The second-order valence-electron chi connectivity index (χ2n) is 2.84. The van der Waals surface area contributed by atoms with E-state index in [9.17, 15) is 4.79 Å². The largest absolute Gasteiger partial charge is 0.480 e. The monoisotopic (exact) mass is 167 g/mol. The van der Waals surface area contributed by atoms with Crippen molar-refractivity contribution in [2.75, 3.05) is 5.32 Å². The maximum Gasteiger partial charge on any atom is 0.326 e. The molecule has 12 heavy (non-hydrogen) atoms. The first-order valence-corrected chi connectivity index (χ1v) is 3.79. The molecule has 0 fully saturated rings. The van der Waals surface area contributed by atoms with Gasteiger partial charge in [-0.05, 0) is 12.8 Å². The van der Waals surface area contributed by atoms with E-state index < -0.39 is 12.0 Å². The summed E-state index contributed by atoms with van der Waals surface area (Å²) >= 11 is 0. The van der Waals surface area contributed by atoms with Crippen molar-refractivity contribution in [3.8, 4) is 0 Å². The number of nitrogens with zero attached hydrogens (tertiary/aromatic N) is 1. The highest BCUT2D eigenvalue weighted by atomic mass is 16.4. The minimum absolute atomic E-state index is 0.463. The van der Waals surface area contributed by atoms with Gasteiger partial charge in [0.25, 0.3) is 0 Å². The molecule has 1 atom stereocenters. The van der Waals surface area contributed by atoms with Crippen LogP contribution in [0.1, 0.15) is 12.1 Å². The molecule has 1 aliphatic heterocycles. The van der Waals surface area contributed by atoms with E-state index in [1.165, 1.54) is 0 Å². The number of anilines is 1.